The maximum Gasteiger partial charge on any atom is 0.292 e. The maximum absolute atomic E-state index is 12.7. The fraction of sp³-hybridized carbons (Fsp3) is 0.360. The maximum atomic E-state index is 12.7. The van der Waals surface area contributed by atoms with Crippen molar-refractivity contribution >= 4 is 22.6 Å². The minimum absolute atomic E-state index is 0.341. The Labute approximate surface area is 177 Å². The van der Waals surface area contributed by atoms with Gasteiger partial charge in [-0.15, -0.1) is 0 Å². The predicted octanol–water partition coefficient (Wildman–Crippen LogP) is 4.21. The Morgan fingerprint density at radius 1 is 1.03 bits per heavy atom. The number of benzene rings is 2. The molecule has 1 amide bonds. The van der Waals surface area contributed by atoms with Crippen LogP contribution in [0.2, 0.25) is 0 Å². The van der Waals surface area contributed by atoms with E-state index in [1.165, 1.54) is 18.4 Å². The lowest BCUT2D eigenvalue weighted by Gasteiger charge is -2.30. The number of Topliss-reactive ketones (excluding diaryl/α,β-unsaturated/α-hetero) is 1. The first-order valence-electron chi connectivity index (χ1n) is 10.7. The minimum Gasteiger partial charge on any atom is -0.358 e. The van der Waals surface area contributed by atoms with Gasteiger partial charge in [-0.1, -0.05) is 49.4 Å². The number of hydrogen-bond acceptors (Lipinski definition) is 3. The molecular weight excluding hydrogens is 374 g/mol. The first kappa shape index (κ1) is 20.4. The van der Waals surface area contributed by atoms with Crippen molar-refractivity contribution in [3.8, 4) is 0 Å². The van der Waals surface area contributed by atoms with Crippen molar-refractivity contribution in [2.45, 2.75) is 39.8 Å². The molecule has 30 heavy (non-hydrogen) atoms. The number of aromatic nitrogens is 1. The van der Waals surface area contributed by atoms with Crippen LogP contribution in [0.3, 0.4) is 0 Å². The number of nitrogens with one attached hydrogen (secondary N) is 2. The van der Waals surface area contributed by atoms with Crippen LogP contribution in [0.5, 0.6) is 0 Å². The van der Waals surface area contributed by atoms with Crippen LogP contribution in [0.15, 0.2) is 48.5 Å². The topological polar surface area (TPSA) is 65.2 Å². The third kappa shape index (κ3) is 4.46. The van der Waals surface area contributed by atoms with Crippen molar-refractivity contribution < 1.29 is 9.59 Å². The molecule has 0 saturated carbocycles. The van der Waals surface area contributed by atoms with Gasteiger partial charge < -0.3 is 10.3 Å². The van der Waals surface area contributed by atoms with Crippen molar-refractivity contribution in [1.82, 2.24) is 15.2 Å². The van der Waals surface area contributed by atoms with Crippen LogP contribution in [0.4, 0.5) is 0 Å². The van der Waals surface area contributed by atoms with Crippen LogP contribution in [0.25, 0.3) is 10.9 Å². The molecule has 2 N–H and O–H groups in total. The fourth-order valence-corrected chi connectivity index (χ4v) is 4.19. The highest BCUT2D eigenvalue weighted by Gasteiger charge is 2.22. The molecule has 1 fully saturated rings. The van der Waals surface area contributed by atoms with Gasteiger partial charge in [-0.05, 0) is 56.0 Å². The Kier molecular flexibility index (Phi) is 6.00. The molecule has 1 saturated heterocycles. The van der Waals surface area contributed by atoms with Crippen LogP contribution >= 0.6 is 0 Å². The summed E-state index contributed by atoms with van der Waals surface area (Å²) in [7, 11) is 0. The number of para-hydroxylation sites is 1. The van der Waals surface area contributed by atoms with Crippen LogP contribution < -0.4 is 5.32 Å². The van der Waals surface area contributed by atoms with Crippen LogP contribution in [0.1, 0.15) is 46.9 Å². The molecule has 0 spiro atoms. The number of likely N-dealkylation sites (tertiary alicyclic amines) is 1. The number of carbonyl (C=O) groups excluding carboxylic acids is 2. The Hall–Kier alpha value is -2.92. The number of fused-ring (bicyclic) bond motifs is 1. The van der Waals surface area contributed by atoms with E-state index in [9.17, 15) is 9.59 Å². The molecule has 0 aliphatic carbocycles. The molecule has 1 aliphatic heterocycles. The number of aryl methyl sites for hydroxylation is 1. The SMILES string of the molecule is Cc1[nH]c2ccccc2c1C(=O)C(=O)NCc1ccc(CN2CCC(C)CC2)cc1. The number of nitrogens with zero attached hydrogens (tertiary/aromatic N) is 1. The zero-order valence-electron chi connectivity index (χ0n) is 17.7. The van der Waals surface area contributed by atoms with Crippen LogP contribution in [0, 0.1) is 12.8 Å². The molecule has 4 rings (SSSR count). The molecule has 2 aromatic carbocycles. The van der Waals surface area contributed by atoms with Gasteiger partial charge in [-0.2, -0.15) is 0 Å². The van der Waals surface area contributed by atoms with E-state index >= 15 is 0 Å². The first-order chi connectivity index (χ1) is 14.5. The third-order valence-electron chi connectivity index (χ3n) is 6.09. The van der Waals surface area contributed by atoms with E-state index in [4.69, 9.17) is 0 Å². The van der Waals surface area contributed by atoms with Crippen molar-refractivity contribution in [2.75, 3.05) is 13.1 Å². The van der Waals surface area contributed by atoms with Crippen molar-refractivity contribution in [3.05, 3.63) is 70.9 Å². The molecule has 0 unspecified atom stereocenters. The molecule has 5 nitrogen and oxygen atoms in total. The van der Waals surface area contributed by atoms with Gasteiger partial charge in [0, 0.05) is 29.7 Å². The zero-order valence-corrected chi connectivity index (χ0v) is 17.7. The summed E-state index contributed by atoms with van der Waals surface area (Å²) in [4.78, 5) is 30.9. The molecule has 1 aromatic heterocycles. The number of carbonyl (C=O) groups is 2. The lowest BCUT2D eigenvalue weighted by atomic mass is 9.99. The van der Waals surface area contributed by atoms with E-state index in [0.29, 0.717) is 17.8 Å². The quantitative estimate of drug-likeness (QED) is 0.479. The molecule has 5 heteroatoms. The molecule has 1 aliphatic rings. The Morgan fingerprint density at radius 3 is 2.43 bits per heavy atom. The smallest absolute Gasteiger partial charge is 0.292 e. The fourth-order valence-electron chi connectivity index (χ4n) is 4.19. The van der Waals surface area contributed by atoms with Crippen LogP contribution in [-0.2, 0) is 17.9 Å². The summed E-state index contributed by atoms with van der Waals surface area (Å²) < 4.78 is 0. The number of hydrogen-bond donors (Lipinski definition) is 2. The van der Waals surface area contributed by atoms with E-state index < -0.39 is 11.7 Å². The van der Waals surface area contributed by atoms with Gasteiger partial charge in [0.15, 0.2) is 0 Å². The minimum atomic E-state index is -0.575. The number of aromatic amines is 1. The predicted molar refractivity (Wildman–Crippen MR) is 119 cm³/mol. The van der Waals surface area contributed by atoms with Gasteiger partial charge in [0.1, 0.15) is 0 Å². The second-order valence-electron chi connectivity index (χ2n) is 8.46. The number of rotatable bonds is 6. The lowest BCUT2D eigenvalue weighted by Crippen LogP contribution is -2.32. The van der Waals surface area contributed by atoms with Gasteiger partial charge >= 0.3 is 0 Å². The summed E-state index contributed by atoms with van der Waals surface area (Å²) in [5.74, 6) is -0.238. The number of H-pyrrole nitrogens is 1. The van der Waals surface area contributed by atoms with Crippen molar-refractivity contribution in [1.29, 1.82) is 0 Å². The largest absolute Gasteiger partial charge is 0.358 e. The van der Waals surface area contributed by atoms with Gasteiger partial charge in [-0.25, -0.2) is 0 Å². The zero-order chi connectivity index (χ0) is 21.1. The van der Waals surface area contributed by atoms with Crippen molar-refractivity contribution in [2.24, 2.45) is 5.92 Å². The summed E-state index contributed by atoms with van der Waals surface area (Å²) in [6.07, 6.45) is 2.54. The van der Waals surface area contributed by atoms with E-state index in [2.05, 4.69) is 34.3 Å². The average molecular weight is 404 g/mol. The number of piperidine rings is 1. The summed E-state index contributed by atoms with van der Waals surface area (Å²) in [6.45, 7) is 7.78. The molecule has 2 heterocycles. The van der Waals surface area contributed by atoms with Gasteiger partial charge in [0.25, 0.3) is 11.7 Å². The average Bonchev–Trinajstić information content (AvgIpc) is 3.09. The van der Waals surface area contributed by atoms with Crippen LogP contribution in [-0.4, -0.2) is 34.7 Å². The third-order valence-corrected chi connectivity index (χ3v) is 6.09. The lowest BCUT2D eigenvalue weighted by molar-refractivity contribution is -0.117. The Bertz CT molecular complexity index is 1040. The second kappa shape index (κ2) is 8.84. The molecule has 3 aromatic rings. The highest BCUT2D eigenvalue weighted by atomic mass is 16.2. The Morgan fingerprint density at radius 2 is 1.70 bits per heavy atom. The molecule has 0 atom stereocenters. The number of amides is 1. The summed E-state index contributed by atoms with van der Waals surface area (Å²) in [5, 5.41) is 3.56. The first-order valence-corrected chi connectivity index (χ1v) is 10.7. The summed E-state index contributed by atoms with van der Waals surface area (Å²) in [6, 6.07) is 15.8. The highest BCUT2D eigenvalue weighted by Crippen LogP contribution is 2.22. The van der Waals surface area contributed by atoms with E-state index in [0.717, 1.165) is 42.0 Å². The van der Waals surface area contributed by atoms with E-state index in [1.54, 1.807) is 0 Å². The highest BCUT2D eigenvalue weighted by molar-refractivity contribution is 6.45. The summed E-state index contributed by atoms with van der Waals surface area (Å²) in [5.41, 5.74) is 4.31. The monoisotopic (exact) mass is 403 g/mol. The van der Waals surface area contributed by atoms with Crippen molar-refractivity contribution in [3.63, 3.8) is 0 Å². The van der Waals surface area contributed by atoms with Gasteiger partial charge in [0.05, 0.1) is 5.56 Å². The molecular formula is C25H29N3O2. The van der Waals surface area contributed by atoms with Gasteiger partial charge in [0.2, 0.25) is 0 Å². The molecule has 0 radical (unpaired) electrons. The summed E-state index contributed by atoms with van der Waals surface area (Å²) >= 11 is 0. The Balaban J connectivity index is 1.34. The molecule has 0 bridgehead atoms. The second-order valence-corrected chi connectivity index (χ2v) is 8.46. The molecule has 156 valence electrons. The standard InChI is InChI=1S/C25H29N3O2/c1-17-11-13-28(14-12-17)16-20-9-7-19(8-10-20)15-26-25(30)24(29)23-18(2)27-22-6-4-3-5-21(22)23/h3-10,17,27H,11-16H2,1-2H3,(H,26,30). The van der Waals surface area contributed by atoms with E-state index in [1.807, 2.05) is 43.3 Å². The number of ketones is 1. The normalized spacial score (nSPS) is 15.4. The van der Waals surface area contributed by atoms with Gasteiger partial charge in [-0.3, -0.25) is 14.5 Å². The van der Waals surface area contributed by atoms with E-state index in [-0.39, 0.29) is 0 Å².